The summed E-state index contributed by atoms with van der Waals surface area (Å²) in [6.07, 6.45) is 0.736. The maximum Gasteiger partial charge on any atom is 0.319 e. The molecule has 2 saturated heterocycles. The lowest BCUT2D eigenvalue weighted by molar-refractivity contribution is -0.136. The third-order valence-electron chi connectivity index (χ3n) is 7.92. The van der Waals surface area contributed by atoms with E-state index in [4.69, 9.17) is 27.2 Å². The fraction of sp³-hybridized carbons (Fsp3) is 0.357. The zero-order valence-corrected chi connectivity index (χ0v) is 23.6. The fourth-order valence-electron chi connectivity index (χ4n) is 6.07. The van der Waals surface area contributed by atoms with Crippen molar-refractivity contribution in [1.82, 2.24) is 14.9 Å². The Kier molecular flexibility index (Phi) is 7.24. The minimum absolute atomic E-state index is 0.00547. The minimum Gasteiger partial charge on any atom is -0.481 e. The van der Waals surface area contributed by atoms with Gasteiger partial charge in [-0.3, -0.25) is 9.69 Å². The van der Waals surface area contributed by atoms with Gasteiger partial charge in [-0.1, -0.05) is 17.7 Å². The van der Waals surface area contributed by atoms with Crippen LogP contribution < -0.4 is 15.8 Å². The molecule has 4 N–H and O–H groups in total. The normalized spacial score (nSPS) is 20.2. The van der Waals surface area contributed by atoms with E-state index >= 15 is 4.39 Å². The van der Waals surface area contributed by atoms with Gasteiger partial charge in [-0.15, -0.1) is 11.3 Å². The molecule has 2 atom stereocenters. The molecular weight excluding hydrogens is 593 g/mol. The van der Waals surface area contributed by atoms with Gasteiger partial charge >= 0.3 is 12.0 Å². The molecule has 9 nitrogen and oxygen atoms in total. The van der Waals surface area contributed by atoms with Crippen LogP contribution in [0.1, 0.15) is 31.2 Å². The van der Waals surface area contributed by atoms with Gasteiger partial charge in [0, 0.05) is 35.8 Å². The van der Waals surface area contributed by atoms with E-state index in [0.717, 1.165) is 36.8 Å². The first-order chi connectivity index (χ1) is 20.1. The van der Waals surface area contributed by atoms with Crippen LogP contribution in [0.3, 0.4) is 0 Å². The van der Waals surface area contributed by atoms with E-state index in [2.05, 4.69) is 20.2 Å². The zero-order valence-electron chi connectivity index (χ0n) is 22.0. The summed E-state index contributed by atoms with van der Waals surface area (Å²) in [5, 5.41) is 22.0. The second-order valence-electron chi connectivity index (χ2n) is 10.5. The highest BCUT2D eigenvalue weighted by molar-refractivity contribution is 7.23. The predicted molar refractivity (Wildman–Crippen MR) is 154 cm³/mol. The standard InChI is InChI=1S/C28H24ClF3N6O3S/c29-17-8-15-23(22(32)21(17)14-2-3-18(31)24-20(14)16(10-33)25(34)42-24)36-27(37-26(15)35-6-4-19(39)40)41-12-28-5-1-7-38(28)11-13(30)9-28/h2-3,8,13H,1,4-7,9,11-12,34H2,(H,39,40)(H,35,36,37)/t13-,28+/m1/s1. The van der Waals surface area contributed by atoms with Crippen molar-refractivity contribution < 1.29 is 27.8 Å². The van der Waals surface area contributed by atoms with Crippen LogP contribution in [0, 0.1) is 23.0 Å². The lowest BCUT2D eigenvalue weighted by Gasteiger charge is -2.30. The average molecular weight is 617 g/mol. The summed E-state index contributed by atoms with van der Waals surface area (Å²) >= 11 is 7.49. The van der Waals surface area contributed by atoms with E-state index in [-0.39, 0.29) is 79.1 Å². The molecule has 4 heterocycles. The van der Waals surface area contributed by atoms with Gasteiger partial charge in [0.1, 0.15) is 41.0 Å². The van der Waals surface area contributed by atoms with Crippen LogP contribution in [0.5, 0.6) is 6.01 Å². The molecule has 0 radical (unpaired) electrons. The van der Waals surface area contributed by atoms with Crippen molar-refractivity contribution in [2.24, 2.45) is 0 Å². The molecule has 2 aliphatic rings. The highest BCUT2D eigenvalue weighted by atomic mass is 35.5. The number of fused-ring (bicyclic) bond motifs is 3. The van der Waals surface area contributed by atoms with E-state index in [9.17, 15) is 18.8 Å². The summed E-state index contributed by atoms with van der Waals surface area (Å²) in [5.74, 6) is -2.44. The van der Waals surface area contributed by atoms with Crippen molar-refractivity contribution >= 4 is 60.7 Å². The smallest absolute Gasteiger partial charge is 0.319 e. The van der Waals surface area contributed by atoms with Gasteiger partial charge < -0.3 is 20.9 Å². The molecular formula is C28H24ClF3N6O3S. The first-order valence-electron chi connectivity index (χ1n) is 13.2. The van der Waals surface area contributed by atoms with Crippen LogP contribution in [0.4, 0.5) is 24.0 Å². The molecule has 6 rings (SSSR count). The number of thiophene rings is 1. The highest BCUT2D eigenvalue weighted by Gasteiger charge is 2.49. The van der Waals surface area contributed by atoms with Crippen LogP contribution >= 0.6 is 22.9 Å². The second-order valence-corrected chi connectivity index (χ2v) is 11.9. The number of carbonyl (C=O) groups is 1. The van der Waals surface area contributed by atoms with Crippen LogP contribution in [-0.2, 0) is 4.79 Å². The molecule has 0 saturated carbocycles. The molecule has 0 unspecified atom stereocenters. The number of nitrogens with one attached hydrogen (secondary N) is 1. The van der Waals surface area contributed by atoms with E-state index in [0.29, 0.717) is 13.0 Å². The van der Waals surface area contributed by atoms with Crippen molar-refractivity contribution in [1.29, 1.82) is 5.26 Å². The number of ether oxygens (including phenoxy) is 1. The van der Waals surface area contributed by atoms with Crippen molar-refractivity contribution in [3.63, 3.8) is 0 Å². The van der Waals surface area contributed by atoms with Gasteiger partial charge in [-0.25, -0.2) is 13.2 Å². The summed E-state index contributed by atoms with van der Waals surface area (Å²) in [5.41, 5.74) is 5.31. The second kappa shape index (κ2) is 10.8. The average Bonchev–Trinajstić information content (AvgIpc) is 3.58. The fourth-order valence-corrected chi connectivity index (χ4v) is 7.31. The van der Waals surface area contributed by atoms with Gasteiger partial charge in [0.15, 0.2) is 5.82 Å². The molecule has 42 heavy (non-hydrogen) atoms. The number of nitrogens with two attached hydrogens (primary N) is 1. The summed E-state index contributed by atoms with van der Waals surface area (Å²) in [7, 11) is 0. The maximum absolute atomic E-state index is 16.5. The van der Waals surface area contributed by atoms with Crippen molar-refractivity contribution in [2.75, 3.05) is 37.3 Å². The first-order valence-corrected chi connectivity index (χ1v) is 14.4. The van der Waals surface area contributed by atoms with Gasteiger partial charge in [0.25, 0.3) is 0 Å². The molecule has 14 heteroatoms. The Morgan fingerprint density at radius 2 is 2.19 bits per heavy atom. The Balaban J connectivity index is 1.48. The maximum atomic E-state index is 16.5. The number of carboxylic acid groups (broad SMARTS) is 1. The molecule has 0 amide bonds. The number of anilines is 2. The van der Waals surface area contributed by atoms with Crippen LogP contribution in [0.15, 0.2) is 18.2 Å². The monoisotopic (exact) mass is 616 g/mol. The molecule has 2 aromatic heterocycles. The third kappa shape index (κ3) is 4.73. The van der Waals surface area contributed by atoms with Crippen molar-refractivity contribution in [3.05, 3.63) is 40.4 Å². The molecule has 218 valence electrons. The van der Waals surface area contributed by atoms with Gasteiger partial charge in [-0.2, -0.15) is 15.2 Å². The Labute approximate surface area is 246 Å². The largest absolute Gasteiger partial charge is 0.481 e. The highest BCUT2D eigenvalue weighted by Crippen LogP contribution is 2.46. The van der Waals surface area contributed by atoms with Crippen LogP contribution in [0.25, 0.3) is 32.1 Å². The molecule has 0 bridgehead atoms. The predicted octanol–water partition coefficient (Wildman–Crippen LogP) is 5.74. The number of nitriles is 1. The van der Waals surface area contributed by atoms with Gasteiger partial charge in [0.2, 0.25) is 0 Å². The quantitative estimate of drug-likeness (QED) is 0.226. The summed E-state index contributed by atoms with van der Waals surface area (Å²) in [4.78, 5) is 21.9. The molecule has 2 fully saturated rings. The number of halogens is 4. The Bertz CT molecular complexity index is 1800. The first kappa shape index (κ1) is 28.3. The van der Waals surface area contributed by atoms with E-state index in [1.165, 1.54) is 12.1 Å². The lowest BCUT2D eigenvalue weighted by atomic mass is 9.95. The lowest BCUT2D eigenvalue weighted by Crippen LogP contribution is -2.43. The summed E-state index contributed by atoms with van der Waals surface area (Å²) in [6, 6.07) is 5.67. The number of nitrogens with zero attached hydrogens (tertiary/aromatic N) is 4. The van der Waals surface area contributed by atoms with E-state index < -0.39 is 29.3 Å². The third-order valence-corrected chi connectivity index (χ3v) is 9.25. The number of aliphatic carboxylic acids is 1. The molecule has 0 spiro atoms. The Morgan fingerprint density at radius 3 is 2.95 bits per heavy atom. The van der Waals surface area contributed by atoms with E-state index in [1.807, 2.05) is 6.07 Å². The summed E-state index contributed by atoms with van der Waals surface area (Å²) < 4.78 is 51.5. The summed E-state index contributed by atoms with van der Waals surface area (Å²) in [6.45, 7) is 1.14. The number of aromatic nitrogens is 2. The number of benzene rings is 2. The zero-order chi connectivity index (χ0) is 29.8. The van der Waals surface area contributed by atoms with Crippen molar-refractivity contribution in [2.45, 2.75) is 37.4 Å². The van der Waals surface area contributed by atoms with E-state index in [1.54, 1.807) is 0 Å². The number of hydrogen-bond acceptors (Lipinski definition) is 9. The van der Waals surface area contributed by atoms with Crippen LogP contribution in [-0.4, -0.2) is 63.9 Å². The minimum atomic E-state index is -1.05. The molecule has 0 aliphatic carbocycles. The topological polar surface area (TPSA) is 137 Å². The molecule has 2 aromatic carbocycles. The van der Waals surface area contributed by atoms with Gasteiger partial charge in [0.05, 0.1) is 27.2 Å². The number of alkyl halides is 1. The number of carboxylic acids is 1. The van der Waals surface area contributed by atoms with Crippen LogP contribution in [0.2, 0.25) is 5.02 Å². The number of hydrogen-bond donors (Lipinski definition) is 3. The molecule has 4 aromatic rings. The Hall–Kier alpha value is -3.86. The Morgan fingerprint density at radius 1 is 1.38 bits per heavy atom. The number of nitrogen functional groups attached to an aromatic ring is 1. The van der Waals surface area contributed by atoms with Crippen molar-refractivity contribution in [3.8, 4) is 23.2 Å². The SMILES string of the molecule is N#Cc1c(N)sc2c(F)ccc(-c3c(Cl)cc4c(NCCC(=O)O)nc(OC[C@@]56CCCN5C[C@H](F)C6)nc4c3F)c12. The molecule has 2 aliphatic heterocycles. The van der Waals surface area contributed by atoms with Gasteiger partial charge in [-0.05, 0) is 37.1 Å². The number of rotatable bonds is 8.